The molecule has 1 rings (SSSR count). The molecule has 0 aliphatic carbocycles. The van der Waals surface area contributed by atoms with Crippen LogP contribution in [0.5, 0.6) is 0 Å². The van der Waals surface area contributed by atoms with Crippen LogP contribution >= 0.6 is 0 Å². The standard InChI is InChI=1S/C25H40N2O5S/c1-9-16-27(23(28)18(4)11-3)19(5)22(26-24(29)32-25(6,7)8)20-12-14-21(15-13-20)33(30,31)17-10-2/h9,12-15,18-19,22H,1,10-11,16-17H2,2-8H3,(H,26,29)/t18?,19?,22-/m0/s1. The molecule has 0 bridgehead atoms. The molecule has 1 aromatic carbocycles. The van der Waals surface area contributed by atoms with Crippen molar-refractivity contribution in [3.63, 3.8) is 0 Å². The molecule has 0 heterocycles. The van der Waals surface area contributed by atoms with E-state index >= 15 is 0 Å². The fraction of sp³-hybridized carbons (Fsp3) is 0.600. The van der Waals surface area contributed by atoms with E-state index in [0.29, 0.717) is 24.9 Å². The summed E-state index contributed by atoms with van der Waals surface area (Å²) in [4.78, 5) is 27.6. The second kappa shape index (κ2) is 12.2. The smallest absolute Gasteiger partial charge is 0.408 e. The van der Waals surface area contributed by atoms with Gasteiger partial charge in [-0.15, -0.1) is 6.58 Å². The van der Waals surface area contributed by atoms with Crippen molar-refractivity contribution >= 4 is 21.8 Å². The van der Waals surface area contributed by atoms with Crippen LogP contribution in [-0.4, -0.2) is 49.3 Å². The van der Waals surface area contributed by atoms with Crippen LogP contribution in [0.1, 0.15) is 72.9 Å². The largest absolute Gasteiger partial charge is 0.444 e. The quantitative estimate of drug-likeness (QED) is 0.456. The number of carbonyl (C=O) groups excluding carboxylic acids is 2. The minimum atomic E-state index is -3.36. The molecular weight excluding hydrogens is 440 g/mol. The van der Waals surface area contributed by atoms with Gasteiger partial charge in [0.2, 0.25) is 5.91 Å². The number of alkyl carbamates (subject to hydrolysis) is 1. The predicted molar refractivity (Wildman–Crippen MR) is 132 cm³/mol. The molecular formula is C25H40N2O5S. The number of carbonyl (C=O) groups is 2. The zero-order chi connectivity index (χ0) is 25.4. The fourth-order valence-electron chi connectivity index (χ4n) is 3.42. The Balaban J connectivity index is 3.39. The Morgan fingerprint density at radius 3 is 2.18 bits per heavy atom. The number of hydrogen-bond acceptors (Lipinski definition) is 5. The molecule has 3 atom stereocenters. The van der Waals surface area contributed by atoms with Gasteiger partial charge in [0.15, 0.2) is 9.84 Å². The number of ether oxygens (including phenoxy) is 1. The number of sulfone groups is 1. The van der Waals surface area contributed by atoms with Gasteiger partial charge in [0.25, 0.3) is 0 Å². The fourth-order valence-corrected chi connectivity index (χ4v) is 4.74. The molecule has 0 saturated heterocycles. The maximum atomic E-state index is 13.1. The number of hydrogen-bond donors (Lipinski definition) is 1. The van der Waals surface area contributed by atoms with Gasteiger partial charge in [-0.05, 0) is 58.2 Å². The van der Waals surface area contributed by atoms with Crippen LogP contribution in [0, 0.1) is 5.92 Å². The van der Waals surface area contributed by atoms with Crippen LogP contribution < -0.4 is 5.32 Å². The highest BCUT2D eigenvalue weighted by molar-refractivity contribution is 7.91. The third-order valence-corrected chi connectivity index (χ3v) is 7.30. The average molecular weight is 481 g/mol. The van der Waals surface area contributed by atoms with Crippen molar-refractivity contribution < 1.29 is 22.7 Å². The summed E-state index contributed by atoms with van der Waals surface area (Å²) in [5.41, 5.74) is -0.0154. The molecule has 0 saturated carbocycles. The highest BCUT2D eigenvalue weighted by atomic mass is 32.2. The minimum absolute atomic E-state index is 0.0389. The predicted octanol–water partition coefficient (Wildman–Crippen LogP) is 4.89. The first kappa shape index (κ1) is 28.7. The molecule has 2 amide bonds. The van der Waals surface area contributed by atoms with E-state index in [1.54, 1.807) is 56.0 Å². The second-order valence-electron chi connectivity index (χ2n) is 9.34. The number of nitrogens with one attached hydrogen (secondary N) is 1. The lowest BCUT2D eigenvalue weighted by Gasteiger charge is -2.36. The first-order valence-corrected chi connectivity index (χ1v) is 13.2. The first-order chi connectivity index (χ1) is 15.3. The summed E-state index contributed by atoms with van der Waals surface area (Å²) < 4.78 is 30.3. The van der Waals surface area contributed by atoms with Gasteiger partial charge in [0.05, 0.1) is 22.7 Å². The maximum absolute atomic E-state index is 13.1. The van der Waals surface area contributed by atoms with Crippen molar-refractivity contribution in [3.05, 3.63) is 42.5 Å². The van der Waals surface area contributed by atoms with Crippen LogP contribution in [0.4, 0.5) is 4.79 Å². The van der Waals surface area contributed by atoms with Gasteiger partial charge in [0, 0.05) is 12.5 Å². The highest BCUT2D eigenvalue weighted by Crippen LogP contribution is 2.26. The van der Waals surface area contributed by atoms with E-state index in [2.05, 4.69) is 11.9 Å². The zero-order valence-electron chi connectivity index (χ0n) is 21.1. The summed E-state index contributed by atoms with van der Waals surface area (Å²) in [5, 5.41) is 2.88. The minimum Gasteiger partial charge on any atom is -0.444 e. The maximum Gasteiger partial charge on any atom is 0.408 e. The summed E-state index contributed by atoms with van der Waals surface area (Å²) in [6.07, 6.45) is 2.25. The first-order valence-electron chi connectivity index (χ1n) is 11.5. The Hall–Kier alpha value is -2.35. The Kier molecular flexibility index (Phi) is 10.6. The van der Waals surface area contributed by atoms with E-state index in [1.807, 2.05) is 27.7 Å². The summed E-state index contributed by atoms with van der Waals surface area (Å²) in [7, 11) is -3.36. The normalized spacial score (nSPS) is 14.6. The Morgan fingerprint density at radius 2 is 1.73 bits per heavy atom. The number of nitrogens with zero attached hydrogens (tertiary/aromatic N) is 1. The van der Waals surface area contributed by atoms with Gasteiger partial charge in [-0.3, -0.25) is 4.79 Å². The zero-order valence-corrected chi connectivity index (χ0v) is 21.9. The van der Waals surface area contributed by atoms with E-state index in [0.717, 1.165) is 0 Å². The van der Waals surface area contributed by atoms with Crippen molar-refractivity contribution in [2.45, 2.75) is 83.9 Å². The Bertz CT molecular complexity index is 904. The summed E-state index contributed by atoms with van der Waals surface area (Å²) in [6.45, 7) is 16.9. The van der Waals surface area contributed by atoms with Crippen molar-refractivity contribution in [1.82, 2.24) is 10.2 Å². The van der Waals surface area contributed by atoms with E-state index in [-0.39, 0.29) is 22.5 Å². The third kappa shape index (κ3) is 8.50. The monoisotopic (exact) mass is 480 g/mol. The topological polar surface area (TPSA) is 92.8 Å². The molecule has 1 aromatic rings. The lowest BCUT2D eigenvalue weighted by molar-refractivity contribution is -0.137. The lowest BCUT2D eigenvalue weighted by Crippen LogP contribution is -2.49. The summed E-state index contributed by atoms with van der Waals surface area (Å²) in [5.74, 6) is -0.155. The van der Waals surface area contributed by atoms with Crippen molar-refractivity contribution in [3.8, 4) is 0 Å². The molecule has 0 aliphatic rings. The summed E-state index contributed by atoms with van der Waals surface area (Å²) >= 11 is 0. The van der Waals surface area contributed by atoms with E-state index in [9.17, 15) is 18.0 Å². The molecule has 8 heteroatoms. The molecule has 0 radical (unpaired) electrons. The van der Waals surface area contributed by atoms with Gasteiger partial charge in [-0.2, -0.15) is 0 Å². The van der Waals surface area contributed by atoms with Gasteiger partial charge in [0.1, 0.15) is 5.60 Å². The van der Waals surface area contributed by atoms with Crippen molar-refractivity contribution in [2.75, 3.05) is 12.3 Å². The molecule has 1 N–H and O–H groups in total. The molecule has 33 heavy (non-hydrogen) atoms. The Labute approximate surface area is 199 Å². The Morgan fingerprint density at radius 1 is 1.15 bits per heavy atom. The van der Waals surface area contributed by atoms with Crippen molar-refractivity contribution in [1.29, 1.82) is 0 Å². The molecule has 0 aromatic heterocycles. The molecule has 7 nitrogen and oxygen atoms in total. The lowest BCUT2D eigenvalue weighted by atomic mass is 9.97. The van der Waals surface area contributed by atoms with Gasteiger partial charge in [-0.1, -0.05) is 39.0 Å². The number of benzene rings is 1. The van der Waals surface area contributed by atoms with Crippen LogP contribution in [0.2, 0.25) is 0 Å². The highest BCUT2D eigenvalue weighted by Gasteiger charge is 2.32. The van der Waals surface area contributed by atoms with Crippen LogP contribution in [0.25, 0.3) is 0 Å². The van der Waals surface area contributed by atoms with Crippen molar-refractivity contribution in [2.24, 2.45) is 5.92 Å². The third-order valence-electron chi connectivity index (χ3n) is 5.36. The van der Waals surface area contributed by atoms with E-state index < -0.39 is 33.6 Å². The van der Waals surface area contributed by atoms with Crippen LogP contribution in [0.3, 0.4) is 0 Å². The molecule has 2 unspecified atom stereocenters. The van der Waals surface area contributed by atoms with Gasteiger partial charge in [-0.25, -0.2) is 13.2 Å². The molecule has 186 valence electrons. The SMILES string of the molecule is C=CCN(C(=O)C(C)CC)C(C)[C@H](NC(=O)OC(C)(C)C)c1ccc(S(=O)(=O)CCC)cc1. The van der Waals surface area contributed by atoms with Crippen LogP contribution in [-0.2, 0) is 19.4 Å². The van der Waals surface area contributed by atoms with Crippen LogP contribution in [0.15, 0.2) is 41.8 Å². The molecule has 0 fully saturated rings. The molecule has 0 spiro atoms. The van der Waals surface area contributed by atoms with E-state index in [4.69, 9.17) is 4.74 Å². The number of rotatable bonds is 11. The molecule has 0 aliphatic heterocycles. The van der Waals surface area contributed by atoms with E-state index in [1.165, 1.54) is 0 Å². The average Bonchev–Trinajstić information content (AvgIpc) is 2.73. The summed E-state index contributed by atoms with van der Waals surface area (Å²) in [6, 6.07) is 5.41. The van der Waals surface area contributed by atoms with Gasteiger partial charge < -0.3 is 15.0 Å². The van der Waals surface area contributed by atoms with Gasteiger partial charge >= 0.3 is 6.09 Å². The number of amides is 2. The second-order valence-corrected chi connectivity index (χ2v) is 11.5.